The van der Waals surface area contributed by atoms with Gasteiger partial charge in [-0.05, 0) is 18.6 Å². The molecule has 0 bridgehead atoms. The van der Waals surface area contributed by atoms with Gasteiger partial charge in [-0.1, -0.05) is 23.7 Å². The van der Waals surface area contributed by atoms with Crippen LogP contribution in [0.25, 0.3) is 5.65 Å². The molecule has 0 saturated carbocycles. The summed E-state index contributed by atoms with van der Waals surface area (Å²) >= 11 is 12.1. The molecule has 0 spiro atoms. The van der Waals surface area contributed by atoms with E-state index in [1.54, 1.807) is 4.68 Å². The summed E-state index contributed by atoms with van der Waals surface area (Å²) in [5.41, 5.74) is 2.54. The molecule has 7 heteroatoms. The van der Waals surface area contributed by atoms with Crippen LogP contribution >= 0.6 is 23.2 Å². The minimum Gasteiger partial charge on any atom is -0.305 e. The average Bonchev–Trinajstić information content (AvgIpc) is 3.04. The standard InChI is InChI=1S/C13H13Cl2N5/c1-2-11(15)12-8-20(18-17-12)7-10-6-19-5-9(14)3-4-13(19)16-10/h3-6,8,11H,2,7H2,1H3. The van der Waals surface area contributed by atoms with Crippen molar-refractivity contribution >= 4 is 28.8 Å². The molecule has 1 atom stereocenters. The molecule has 3 rings (SSSR count). The van der Waals surface area contributed by atoms with Gasteiger partial charge in [0.15, 0.2) is 0 Å². The zero-order valence-electron chi connectivity index (χ0n) is 10.9. The Kier molecular flexibility index (Phi) is 3.63. The van der Waals surface area contributed by atoms with Crippen molar-refractivity contribution in [3.8, 4) is 0 Å². The molecule has 0 aliphatic rings. The van der Waals surface area contributed by atoms with Gasteiger partial charge in [0, 0.05) is 12.4 Å². The van der Waals surface area contributed by atoms with E-state index in [4.69, 9.17) is 23.2 Å². The van der Waals surface area contributed by atoms with Gasteiger partial charge in [-0.15, -0.1) is 16.7 Å². The van der Waals surface area contributed by atoms with Crippen LogP contribution in [0.4, 0.5) is 0 Å². The molecule has 0 amide bonds. The first-order chi connectivity index (χ1) is 9.65. The number of aromatic nitrogens is 5. The van der Waals surface area contributed by atoms with Crippen LogP contribution in [0.5, 0.6) is 0 Å². The number of rotatable bonds is 4. The normalized spacial score (nSPS) is 12.9. The van der Waals surface area contributed by atoms with E-state index in [0.717, 1.165) is 23.5 Å². The highest BCUT2D eigenvalue weighted by Crippen LogP contribution is 2.21. The predicted molar refractivity (Wildman–Crippen MR) is 78.2 cm³/mol. The molecule has 104 valence electrons. The van der Waals surface area contributed by atoms with Crippen LogP contribution in [0.2, 0.25) is 5.02 Å². The number of pyridine rings is 1. The fourth-order valence-corrected chi connectivity index (χ4v) is 2.27. The molecule has 0 aromatic carbocycles. The molecule has 0 saturated heterocycles. The topological polar surface area (TPSA) is 48.0 Å². The average molecular weight is 310 g/mol. The number of imidazole rings is 1. The number of hydrogen-bond donors (Lipinski definition) is 0. The highest BCUT2D eigenvalue weighted by atomic mass is 35.5. The van der Waals surface area contributed by atoms with Crippen LogP contribution in [-0.4, -0.2) is 24.4 Å². The van der Waals surface area contributed by atoms with Crippen molar-refractivity contribution < 1.29 is 0 Å². The Hall–Kier alpha value is -1.59. The monoisotopic (exact) mass is 309 g/mol. The molecule has 0 fully saturated rings. The Morgan fingerprint density at radius 1 is 1.25 bits per heavy atom. The van der Waals surface area contributed by atoms with Crippen molar-refractivity contribution in [1.82, 2.24) is 24.4 Å². The molecule has 5 nitrogen and oxygen atoms in total. The van der Waals surface area contributed by atoms with Gasteiger partial charge in [0.1, 0.15) is 11.3 Å². The SMILES string of the molecule is CCC(Cl)c1cn(Cc2cn3cc(Cl)ccc3n2)nn1. The van der Waals surface area contributed by atoms with Crippen molar-refractivity contribution in [1.29, 1.82) is 0 Å². The molecule has 1 unspecified atom stereocenters. The second-order valence-electron chi connectivity index (χ2n) is 4.56. The Morgan fingerprint density at radius 2 is 2.10 bits per heavy atom. The highest BCUT2D eigenvalue weighted by molar-refractivity contribution is 6.30. The van der Waals surface area contributed by atoms with Crippen LogP contribution in [0.3, 0.4) is 0 Å². The molecule has 3 aromatic heterocycles. The number of hydrogen-bond acceptors (Lipinski definition) is 3. The van der Waals surface area contributed by atoms with Crippen LogP contribution < -0.4 is 0 Å². The molecule has 0 radical (unpaired) electrons. The van der Waals surface area contributed by atoms with Gasteiger partial charge in [0.05, 0.1) is 28.8 Å². The van der Waals surface area contributed by atoms with E-state index >= 15 is 0 Å². The molecule has 0 aliphatic heterocycles. The van der Waals surface area contributed by atoms with E-state index in [9.17, 15) is 0 Å². The van der Waals surface area contributed by atoms with Gasteiger partial charge in [-0.25, -0.2) is 9.67 Å². The summed E-state index contributed by atoms with van der Waals surface area (Å²) in [7, 11) is 0. The summed E-state index contributed by atoms with van der Waals surface area (Å²) in [5.74, 6) is 0. The molecule has 0 N–H and O–H groups in total. The van der Waals surface area contributed by atoms with E-state index < -0.39 is 0 Å². The fraction of sp³-hybridized carbons (Fsp3) is 0.308. The Bertz CT molecular complexity index is 733. The summed E-state index contributed by atoms with van der Waals surface area (Å²) in [6.45, 7) is 2.57. The first-order valence-electron chi connectivity index (χ1n) is 6.33. The van der Waals surface area contributed by atoms with Gasteiger partial charge >= 0.3 is 0 Å². The Morgan fingerprint density at radius 3 is 2.90 bits per heavy atom. The van der Waals surface area contributed by atoms with Gasteiger partial charge < -0.3 is 4.40 Å². The summed E-state index contributed by atoms with van der Waals surface area (Å²) in [6.07, 6.45) is 6.44. The van der Waals surface area contributed by atoms with Crippen molar-refractivity contribution in [2.75, 3.05) is 0 Å². The van der Waals surface area contributed by atoms with E-state index in [1.807, 2.05) is 42.0 Å². The van der Waals surface area contributed by atoms with Gasteiger partial charge in [0.2, 0.25) is 0 Å². The molecular formula is C13H13Cl2N5. The largest absolute Gasteiger partial charge is 0.305 e. The molecular weight excluding hydrogens is 297 g/mol. The van der Waals surface area contributed by atoms with Crippen LogP contribution in [0, 0.1) is 0 Å². The number of halogens is 2. The molecule has 3 aromatic rings. The van der Waals surface area contributed by atoms with Crippen molar-refractivity contribution in [3.05, 3.63) is 47.1 Å². The van der Waals surface area contributed by atoms with E-state index in [0.29, 0.717) is 11.6 Å². The Labute approximate surface area is 126 Å². The van der Waals surface area contributed by atoms with E-state index in [-0.39, 0.29) is 5.38 Å². The quantitative estimate of drug-likeness (QED) is 0.695. The maximum absolute atomic E-state index is 6.14. The lowest BCUT2D eigenvalue weighted by atomic mass is 10.3. The third kappa shape index (κ3) is 2.64. The summed E-state index contributed by atoms with van der Waals surface area (Å²) in [5, 5.41) is 8.74. The summed E-state index contributed by atoms with van der Waals surface area (Å²) in [6, 6.07) is 3.70. The maximum atomic E-state index is 6.14. The third-order valence-corrected chi connectivity index (χ3v) is 3.78. The number of nitrogens with zero attached hydrogens (tertiary/aromatic N) is 5. The number of fused-ring (bicyclic) bond motifs is 1. The zero-order chi connectivity index (χ0) is 14.1. The van der Waals surface area contributed by atoms with Crippen molar-refractivity contribution in [2.45, 2.75) is 25.3 Å². The van der Waals surface area contributed by atoms with Crippen LogP contribution in [-0.2, 0) is 6.54 Å². The van der Waals surface area contributed by atoms with Gasteiger partial charge in [0.25, 0.3) is 0 Å². The molecule has 3 heterocycles. The minimum atomic E-state index is -0.0939. The third-order valence-electron chi connectivity index (χ3n) is 3.02. The Balaban J connectivity index is 1.83. The zero-order valence-corrected chi connectivity index (χ0v) is 12.4. The second kappa shape index (κ2) is 5.42. The van der Waals surface area contributed by atoms with Gasteiger partial charge in [-0.2, -0.15) is 0 Å². The maximum Gasteiger partial charge on any atom is 0.137 e. The summed E-state index contributed by atoms with van der Waals surface area (Å²) < 4.78 is 3.63. The second-order valence-corrected chi connectivity index (χ2v) is 5.53. The lowest BCUT2D eigenvalue weighted by molar-refractivity contribution is 0.640. The van der Waals surface area contributed by atoms with Crippen molar-refractivity contribution in [3.63, 3.8) is 0 Å². The minimum absolute atomic E-state index is 0.0939. The molecule has 20 heavy (non-hydrogen) atoms. The first-order valence-corrected chi connectivity index (χ1v) is 7.14. The lowest BCUT2D eigenvalue weighted by Gasteiger charge is -1.98. The van der Waals surface area contributed by atoms with Gasteiger partial charge in [-0.3, -0.25) is 0 Å². The predicted octanol–water partition coefficient (Wildman–Crippen LogP) is 3.32. The van der Waals surface area contributed by atoms with Crippen LogP contribution in [0.1, 0.15) is 30.1 Å². The smallest absolute Gasteiger partial charge is 0.137 e. The van der Waals surface area contributed by atoms with E-state index in [2.05, 4.69) is 15.3 Å². The lowest BCUT2D eigenvalue weighted by Crippen LogP contribution is -2.00. The van der Waals surface area contributed by atoms with Crippen LogP contribution in [0.15, 0.2) is 30.7 Å². The van der Waals surface area contributed by atoms with E-state index in [1.165, 1.54) is 0 Å². The number of alkyl halides is 1. The molecule has 0 aliphatic carbocycles. The first kappa shape index (κ1) is 13.4. The van der Waals surface area contributed by atoms with Crippen molar-refractivity contribution in [2.24, 2.45) is 0 Å². The summed E-state index contributed by atoms with van der Waals surface area (Å²) in [4.78, 5) is 4.51. The fourth-order valence-electron chi connectivity index (χ4n) is 2.00. The highest BCUT2D eigenvalue weighted by Gasteiger charge is 2.11.